The molecule has 2 rings (SSSR count). The van der Waals surface area contributed by atoms with E-state index >= 15 is 0 Å². The molecule has 9 heteroatoms. The molecule has 32 heavy (non-hydrogen) atoms. The first kappa shape index (κ1) is 25.4. The van der Waals surface area contributed by atoms with E-state index in [4.69, 9.17) is 9.47 Å². The van der Waals surface area contributed by atoms with Crippen LogP contribution in [0.3, 0.4) is 0 Å². The lowest BCUT2D eigenvalue weighted by Crippen LogP contribution is -2.33. The Hall–Kier alpha value is -2.91. The van der Waals surface area contributed by atoms with E-state index in [0.717, 1.165) is 12.1 Å². The zero-order valence-electron chi connectivity index (χ0n) is 18.0. The van der Waals surface area contributed by atoms with Crippen molar-refractivity contribution in [2.24, 2.45) is 0 Å². The Kier molecular flexibility index (Phi) is 8.40. The molecule has 0 bridgehead atoms. The average Bonchev–Trinajstić information content (AvgIpc) is 2.66. The third kappa shape index (κ3) is 8.68. The fourth-order valence-corrected chi connectivity index (χ4v) is 2.71. The van der Waals surface area contributed by atoms with E-state index in [-0.39, 0.29) is 25.3 Å². The highest BCUT2D eigenvalue weighted by atomic mass is 19.4. The lowest BCUT2D eigenvalue weighted by molar-refractivity contribution is -0.153. The molecule has 2 N–H and O–H groups in total. The summed E-state index contributed by atoms with van der Waals surface area (Å²) < 4.78 is 48.1. The zero-order valence-corrected chi connectivity index (χ0v) is 18.0. The van der Waals surface area contributed by atoms with Crippen LogP contribution in [0.4, 0.5) is 13.2 Å². The van der Waals surface area contributed by atoms with Crippen LogP contribution in [0.5, 0.6) is 5.75 Å². The second kappa shape index (κ2) is 10.6. The third-order valence-corrected chi connectivity index (χ3v) is 4.15. The molecule has 0 aliphatic heterocycles. The highest BCUT2D eigenvalue weighted by Gasteiger charge is 2.30. The molecule has 2 aromatic carbocycles. The highest BCUT2D eigenvalue weighted by Crippen LogP contribution is 2.29. The van der Waals surface area contributed by atoms with E-state index in [1.54, 1.807) is 32.9 Å². The Labute approximate surface area is 184 Å². The van der Waals surface area contributed by atoms with E-state index in [0.29, 0.717) is 11.1 Å². The molecule has 174 valence electrons. The molecule has 6 nitrogen and oxygen atoms in total. The van der Waals surface area contributed by atoms with Crippen LogP contribution in [-0.4, -0.2) is 35.7 Å². The Morgan fingerprint density at radius 2 is 1.56 bits per heavy atom. The van der Waals surface area contributed by atoms with Gasteiger partial charge in [-0.1, -0.05) is 24.3 Å². The topological polar surface area (TPSA) is 84.9 Å². The standard InChI is InChI=1S/C23H26F3NO5/c1-22(2,3)32-21(30)14-27-13-19(28)16-6-10-18(11-7-16)31-20(29)12-15-4-8-17(9-5-15)23(24,25)26/h4-11,19,27-28H,12-14H2,1-3H3. The van der Waals surface area contributed by atoms with Crippen LogP contribution >= 0.6 is 0 Å². The van der Waals surface area contributed by atoms with E-state index in [9.17, 15) is 27.9 Å². The molecule has 0 aliphatic rings. The Bertz CT molecular complexity index is 903. The number of ether oxygens (including phenoxy) is 2. The van der Waals surface area contributed by atoms with Gasteiger partial charge in [-0.15, -0.1) is 0 Å². The summed E-state index contributed by atoms with van der Waals surface area (Å²) in [5.41, 5.74) is -0.434. The van der Waals surface area contributed by atoms with E-state index in [2.05, 4.69) is 5.32 Å². The summed E-state index contributed by atoms with van der Waals surface area (Å²) in [7, 11) is 0. The number of halogens is 3. The average molecular weight is 453 g/mol. The fraction of sp³-hybridized carbons (Fsp3) is 0.391. The van der Waals surface area contributed by atoms with Crippen molar-refractivity contribution in [2.75, 3.05) is 13.1 Å². The second-order valence-corrected chi connectivity index (χ2v) is 8.15. The second-order valence-electron chi connectivity index (χ2n) is 8.15. The van der Waals surface area contributed by atoms with Crippen LogP contribution in [0.2, 0.25) is 0 Å². The van der Waals surface area contributed by atoms with Crippen LogP contribution in [0, 0.1) is 0 Å². The number of esters is 2. The molecule has 0 heterocycles. The molecule has 1 unspecified atom stereocenters. The van der Waals surface area contributed by atoms with Crippen molar-refractivity contribution in [2.45, 2.75) is 45.1 Å². The maximum absolute atomic E-state index is 12.6. The third-order valence-electron chi connectivity index (χ3n) is 4.15. The van der Waals surface area contributed by atoms with Crippen LogP contribution in [0.25, 0.3) is 0 Å². The van der Waals surface area contributed by atoms with Crippen molar-refractivity contribution in [1.82, 2.24) is 5.32 Å². The Morgan fingerprint density at radius 3 is 2.09 bits per heavy atom. The summed E-state index contributed by atoms with van der Waals surface area (Å²) in [6.07, 6.45) is -5.51. The van der Waals surface area contributed by atoms with Crippen molar-refractivity contribution in [3.05, 3.63) is 65.2 Å². The molecule has 2 aromatic rings. The van der Waals surface area contributed by atoms with Gasteiger partial charge in [0.15, 0.2) is 0 Å². The molecule has 0 saturated carbocycles. The highest BCUT2D eigenvalue weighted by molar-refractivity contribution is 5.75. The molecule has 0 amide bonds. The summed E-state index contributed by atoms with van der Waals surface area (Å²) in [5, 5.41) is 13.0. The maximum atomic E-state index is 12.6. The van der Waals surface area contributed by atoms with Crippen LogP contribution in [0.15, 0.2) is 48.5 Å². The quantitative estimate of drug-likeness (QED) is 0.467. The van der Waals surface area contributed by atoms with E-state index in [1.807, 2.05) is 0 Å². The molecule has 0 fully saturated rings. The summed E-state index contributed by atoms with van der Waals surface area (Å²) in [5.74, 6) is -0.823. The molecule has 0 aliphatic carbocycles. The predicted molar refractivity (Wildman–Crippen MR) is 111 cm³/mol. The largest absolute Gasteiger partial charge is 0.459 e. The minimum absolute atomic E-state index is 0.0476. The van der Waals surface area contributed by atoms with Crippen molar-refractivity contribution in [1.29, 1.82) is 0 Å². The molecular weight excluding hydrogens is 427 g/mol. The van der Waals surface area contributed by atoms with Gasteiger partial charge in [0.05, 0.1) is 24.6 Å². The first-order valence-electron chi connectivity index (χ1n) is 9.91. The first-order valence-corrected chi connectivity index (χ1v) is 9.91. The minimum atomic E-state index is -4.43. The fourth-order valence-electron chi connectivity index (χ4n) is 2.71. The lowest BCUT2D eigenvalue weighted by Gasteiger charge is -2.20. The van der Waals surface area contributed by atoms with Gasteiger partial charge >= 0.3 is 18.1 Å². The van der Waals surface area contributed by atoms with E-state index < -0.39 is 35.4 Å². The number of carbonyl (C=O) groups excluding carboxylic acids is 2. The van der Waals surface area contributed by atoms with Crippen molar-refractivity contribution in [3.8, 4) is 5.75 Å². The molecular formula is C23H26F3NO5. The van der Waals surface area contributed by atoms with Crippen molar-refractivity contribution in [3.63, 3.8) is 0 Å². The monoisotopic (exact) mass is 453 g/mol. The SMILES string of the molecule is CC(C)(C)OC(=O)CNCC(O)c1ccc(OC(=O)Cc2ccc(C(F)(F)F)cc2)cc1. The van der Waals surface area contributed by atoms with Gasteiger partial charge in [-0.2, -0.15) is 13.2 Å². The number of hydrogen-bond acceptors (Lipinski definition) is 6. The van der Waals surface area contributed by atoms with Gasteiger partial charge in [0, 0.05) is 6.54 Å². The normalized spacial score (nSPS) is 12.8. The number of aliphatic hydroxyl groups is 1. The summed E-state index contributed by atoms with van der Waals surface area (Å²) >= 11 is 0. The number of aliphatic hydroxyl groups excluding tert-OH is 1. The summed E-state index contributed by atoms with van der Waals surface area (Å²) in [6.45, 7) is 5.35. The summed E-state index contributed by atoms with van der Waals surface area (Å²) in [6, 6.07) is 10.4. The van der Waals surface area contributed by atoms with E-state index in [1.165, 1.54) is 24.3 Å². The maximum Gasteiger partial charge on any atom is 0.416 e. The number of nitrogens with one attached hydrogen (secondary N) is 1. The van der Waals surface area contributed by atoms with Gasteiger partial charge in [0.2, 0.25) is 0 Å². The predicted octanol–water partition coefficient (Wildman–Crippen LogP) is 3.82. The molecule has 0 spiro atoms. The number of benzene rings is 2. The van der Waals surface area contributed by atoms with Gasteiger partial charge in [-0.05, 0) is 56.2 Å². The smallest absolute Gasteiger partial charge is 0.416 e. The first-order chi connectivity index (χ1) is 14.8. The number of alkyl halides is 3. The van der Waals surface area contributed by atoms with Gasteiger partial charge in [0.25, 0.3) is 0 Å². The van der Waals surface area contributed by atoms with Gasteiger partial charge in [0.1, 0.15) is 11.4 Å². The van der Waals surface area contributed by atoms with Crippen LogP contribution < -0.4 is 10.1 Å². The number of rotatable bonds is 8. The zero-order chi connectivity index (χ0) is 23.9. The van der Waals surface area contributed by atoms with Gasteiger partial charge in [-0.25, -0.2) is 0 Å². The molecule has 0 aromatic heterocycles. The van der Waals surface area contributed by atoms with Gasteiger partial charge in [-0.3, -0.25) is 9.59 Å². The molecule has 0 saturated heterocycles. The molecule has 0 radical (unpaired) electrons. The van der Waals surface area contributed by atoms with Crippen LogP contribution in [0.1, 0.15) is 43.6 Å². The Balaban J connectivity index is 1.81. The molecule has 1 atom stereocenters. The van der Waals surface area contributed by atoms with Crippen molar-refractivity contribution < 1.29 is 37.3 Å². The Morgan fingerprint density at radius 1 is 0.969 bits per heavy atom. The minimum Gasteiger partial charge on any atom is -0.459 e. The van der Waals surface area contributed by atoms with Crippen LogP contribution in [-0.2, 0) is 26.9 Å². The lowest BCUT2D eigenvalue weighted by atomic mass is 10.1. The summed E-state index contributed by atoms with van der Waals surface area (Å²) in [4.78, 5) is 23.7. The number of carbonyl (C=O) groups is 2. The number of hydrogen-bond donors (Lipinski definition) is 2. The van der Waals surface area contributed by atoms with Gasteiger partial charge < -0.3 is 19.9 Å². The van der Waals surface area contributed by atoms with Crippen molar-refractivity contribution >= 4 is 11.9 Å².